The van der Waals surface area contributed by atoms with Crippen molar-refractivity contribution >= 4 is 29.5 Å². The molecular formula is C16H20O2S2. The minimum absolute atomic E-state index is 0.114. The zero-order valence-corrected chi connectivity index (χ0v) is 13.3. The molecule has 2 fully saturated rings. The Balaban J connectivity index is 1.59. The molecule has 0 aliphatic heterocycles. The molecular weight excluding hydrogens is 288 g/mol. The molecule has 4 atom stereocenters. The first-order valence-electron chi connectivity index (χ1n) is 7.17. The lowest BCUT2D eigenvalue weighted by molar-refractivity contribution is -0.144. The standard InChI is InChI=1S/C16H20O2S2/c1-19-13-2-4-14(5-3-13)20-9-12-7-10-6-11(10)8-15(12)16(17)18/h2-5,10-12,15H,6-9H2,1H3,(H,17,18). The van der Waals surface area contributed by atoms with Crippen molar-refractivity contribution in [2.45, 2.75) is 29.1 Å². The average Bonchev–Trinajstić information content (AvgIpc) is 3.22. The number of carboxylic acids is 1. The lowest BCUT2D eigenvalue weighted by atomic mass is 9.80. The number of rotatable bonds is 5. The summed E-state index contributed by atoms with van der Waals surface area (Å²) in [6.07, 6.45) is 5.38. The fourth-order valence-corrected chi connectivity index (χ4v) is 4.83. The van der Waals surface area contributed by atoms with Crippen LogP contribution in [0, 0.1) is 23.7 Å². The summed E-state index contributed by atoms with van der Waals surface area (Å²) < 4.78 is 0. The van der Waals surface area contributed by atoms with E-state index in [1.807, 2.05) is 11.8 Å². The molecule has 0 aromatic heterocycles. The van der Waals surface area contributed by atoms with Crippen LogP contribution in [0.15, 0.2) is 34.1 Å². The maximum Gasteiger partial charge on any atom is 0.306 e. The Bertz CT molecular complexity index is 486. The van der Waals surface area contributed by atoms with Gasteiger partial charge in [0.15, 0.2) is 0 Å². The molecule has 0 bridgehead atoms. The topological polar surface area (TPSA) is 37.3 Å². The van der Waals surface area contributed by atoms with Gasteiger partial charge in [-0.3, -0.25) is 4.79 Å². The Kier molecular flexibility index (Phi) is 4.32. The fraction of sp³-hybridized carbons (Fsp3) is 0.562. The third-order valence-electron chi connectivity index (χ3n) is 4.64. The summed E-state index contributed by atoms with van der Waals surface area (Å²) in [5.41, 5.74) is 0. The highest BCUT2D eigenvalue weighted by Crippen LogP contribution is 2.54. The van der Waals surface area contributed by atoms with E-state index in [4.69, 9.17) is 0 Å². The van der Waals surface area contributed by atoms with Crippen LogP contribution in [0.3, 0.4) is 0 Å². The maximum absolute atomic E-state index is 11.4. The third-order valence-corrected chi connectivity index (χ3v) is 6.58. The van der Waals surface area contributed by atoms with Crippen LogP contribution in [-0.2, 0) is 4.79 Å². The Morgan fingerprint density at radius 1 is 1.15 bits per heavy atom. The van der Waals surface area contributed by atoms with Gasteiger partial charge >= 0.3 is 5.97 Å². The molecule has 1 aromatic carbocycles. The Labute approximate surface area is 128 Å². The SMILES string of the molecule is CSc1ccc(SCC2CC3CC3CC2C(=O)O)cc1. The Morgan fingerprint density at radius 2 is 1.80 bits per heavy atom. The first-order chi connectivity index (χ1) is 9.67. The van der Waals surface area contributed by atoms with E-state index in [2.05, 4.69) is 30.5 Å². The van der Waals surface area contributed by atoms with Crippen LogP contribution < -0.4 is 0 Å². The maximum atomic E-state index is 11.4. The van der Waals surface area contributed by atoms with E-state index in [9.17, 15) is 9.90 Å². The molecule has 0 amide bonds. The smallest absolute Gasteiger partial charge is 0.306 e. The zero-order chi connectivity index (χ0) is 14.1. The van der Waals surface area contributed by atoms with E-state index in [1.165, 1.54) is 16.2 Å². The summed E-state index contributed by atoms with van der Waals surface area (Å²) in [5.74, 6) is 2.14. The summed E-state index contributed by atoms with van der Waals surface area (Å²) in [5, 5.41) is 9.40. The molecule has 0 saturated heterocycles. The van der Waals surface area contributed by atoms with Gasteiger partial charge in [0.2, 0.25) is 0 Å². The van der Waals surface area contributed by atoms with Gasteiger partial charge in [0.05, 0.1) is 5.92 Å². The molecule has 1 N–H and O–H groups in total. The molecule has 0 heterocycles. The molecule has 0 spiro atoms. The van der Waals surface area contributed by atoms with Gasteiger partial charge in [-0.2, -0.15) is 0 Å². The predicted molar refractivity (Wildman–Crippen MR) is 84.4 cm³/mol. The van der Waals surface area contributed by atoms with Crippen LogP contribution in [0.25, 0.3) is 0 Å². The van der Waals surface area contributed by atoms with Crippen molar-refractivity contribution in [2.75, 3.05) is 12.0 Å². The largest absolute Gasteiger partial charge is 0.481 e. The van der Waals surface area contributed by atoms with Crippen molar-refractivity contribution in [1.82, 2.24) is 0 Å². The zero-order valence-electron chi connectivity index (χ0n) is 11.6. The molecule has 2 nitrogen and oxygen atoms in total. The summed E-state index contributed by atoms with van der Waals surface area (Å²) >= 11 is 3.56. The second kappa shape index (κ2) is 6.02. The molecule has 1 aromatic rings. The van der Waals surface area contributed by atoms with Gasteiger partial charge in [-0.1, -0.05) is 0 Å². The van der Waals surface area contributed by atoms with Crippen LogP contribution in [0.1, 0.15) is 19.3 Å². The van der Waals surface area contributed by atoms with Crippen molar-refractivity contribution in [1.29, 1.82) is 0 Å². The van der Waals surface area contributed by atoms with Gasteiger partial charge < -0.3 is 5.11 Å². The second-order valence-electron chi connectivity index (χ2n) is 5.92. The molecule has 4 heteroatoms. The van der Waals surface area contributed by atoms with Gasteiger partial charge in [-0.25, -0.2) is 0 Å². The molecule has 20 heavy (non-hydrogen) atoms. The number of carboxylic acid groups (broad SMARTS) is 1. The Hall–Kier alpha value is -0.610. The van der Waals surface area contributed by atoms with E-state index >= 15 is 0 Å². The van der Waals surface area contributed by atoms with E-state index in [1.54, 1.807) is 11.8 Å². The summed E-state index contributed by atoms with van der Waals surface area (Å²) in [6.45, 7) is 0. The van der Waals surface area contributed by atoms with E-state index in [0.29, 0.717) is 5.92 Å². The van der Waals surface area contributed by atoms with Crippen LogP contribution in [0.2, 0.25) is 0 Å². The van der Waals surface area contributed by atoms with Gasteiger partial charge in [0.25, 0.3) is 0 Å². The molecule has 108 valence electrons. The van der Waals surface area contributed by atoms with Gasteiger partial charge in [0.1, 0.15) is 0 Å². The van der Waals surface area contributed by atoms with Crippen molar-refractivity contribution < 1.29 is 9.90 Å². The number of hydrogen-bond donors (Lipinski definition) is 1. The lowest BCUT2D eigenvalue weighted by Gasteiger charge is -2.27. The molecule has 2 aliphatic carbocycles. The number of carbonyl (C=O) groups is 1. The molecule has 3 rings (SSSR count). The monoisotopic (exact) mass is 308 g/mol. The van der Waals surface area contributed by atoms with Crippen LogP contribution in [-0.4, -0.2) is 23.1 Å². The first kappa shape index (κ1) is 14.3. The number of aliphatic carboxylic acids is 1. The van der Waals surface area contributed by atoms with Gasteiger partial charge in [0, 0.05) is 15.5 Å². The minimum atomic E-state index is -0.585. The number of benzene rings is 1. The summed E-state index contributed by atoms with van der Waals surface area (Å²) in [7, 11) is 0. The van der Waals surface area contributed by atoms with Crippen LogP contribution >= 0.6 is 23.5 Å². The molecule has 0 radical (unpaired) electrons. The number of hydrogen-bond acceptors (Lipinski definition) is 3. The van der Waals surface area contributed by atoms with Crippen molar-refractivity contribution in [3.63, 3.8) is 0 Å². The lowest BCUT2D eigenvalue weighted by Crippen LogP contribution is -2.29. The Morgan fingerprint density at radius 3 is 2.45 bits per heavy atom. The second-order valence-corrected chi connectivity index (χ2v) is 7.89. The average molecular weight is 308 g/mol. The highest BCUT2D eigenvalue weighted by molar-refractivity contribution is 7.99. The summed E-state index contributed by atoms with van der Waals surface area (Å²) in [4.78, 5) is 13.9. The normalized spacial score (nSPS) is 31.6. The quantitative estimate of drug-likeness (QED) is 0.825. The molecule has 2 aliphatic rings. The fourth-order valence-electron chi connectivity index (χ4n) is 3.32. The minimum Gasteiger partial charge on any atom is -0.481 e. The predicted octanol–water partition coefficient (Wildman–Crippen LogP) is 4.25. The van der Waals surface area contributed by atoms with Gasteiger partial charge in [-0.05, 0) is 67.5 Å². The van der Waals surface area contributed by atoms with E-state index in [0.717, 1.165) is 30.4 Å². The number of thioether (sulfide) groups is 2. The van der Waals surface area contributed by atoms with E-state index < -0.39 is 5.97 Å². The van der Waals surface area contributed by atoms with E-state index in [-0.39, 0.29) is 5.92 Å². The first-order valence-corrected chi connectivity index (χ1v) is 9.38. The van der Waals surface area contributed by atoms with Crippen molar-refractivity contribution in [2.24, 2.45) is 23.7 Å². The van der Waals surface area contributed by atoms with Crippen LogP contribution in [0.4, 0.5) is 0 Å². The molecule has 2 saturated carbocycles. The highest BCUT2D eigenvalue weighted by atomic mass is 32.2. The van der Waals surface area contributed by atoms with Crippen LogP contribution in [0.5, 0.6) is 0 Å². The highest BCUT2D eigenvalue weighted by Gasteiger charge is 2.48. The van der Waals surface area contributed by atoms with Gasteiger partial charge in [-0.15, -0.1) is 23.5 Å². The van der Waals surface area contributed by atoms with Crippen molar-refractivity contribution in [3.8, 4) is 0 Å². The number of fused-ring (bicyclic) bond motifs is 1. The molecule has 4 unspecified atom stereocenters. The summed E-state index contributed by atoms with van der Waals surface area (Å²) in [6, 6.07) is 8.57. The van der Waals surface area contributed by atoms with Crippen molar-refractivity contribution in [3.05, 3.63) is 24.3 Å². The third kappa shape index (κ3) is 3.17.